The Labute approximate surface area is 64.2 Å². The molecule has 0 bridgehead atoms. The fraction of sp³-hybridized carbons (Fsp3) is 0.286. The van der Waals surface area contributed by atoms with Gasteiger partial charge in [-0.2, -0.15) is 0 Å². The van der Waals surface area contributed by atoms with Gasteiger partial charge in [0.1, 0.15) is 0 Å². The maximum absolute atomic E-state index is 10.2. The van der Waals surface area contributed by atoms with E-state index in [1.807, 2.05) is 6.92 Å². The van der Waals surface area contributed by atoms with Crippen LogP contribution in [0.2, 0.25) is 0 Å². The second kappa shape index (κ2) is 3.65. The highest BCUT2D eigenvalue weighted by atomic mass is 16.5. The van der Waals surface area contributed by atoms with Crippen molar-refractivity contribution in [1.29, 1.82) is 0 Å². The van der Waals surface area contributed by atoms with Crippen molar-refractivity contribution < 1.29 is 9.53 Å². The molecule has 0 aromatic carbocycles. The van der Waals surface area contributed by atoms with Crippen LogP contribution in [0.15, 0.2) is 12.4 Å². The van der Waals surface area contributed by atoms with Gasteiger partial charge in [0, 0.05) is 12.4 Å². The molecule has 0 amide bonds. The number of hydrogen-bond acceptors (Lipinski definition) is 4. The third kappa shape index (κ3) is 2.00. The van der Waals surface area contributed by atoms with Crippen molar-refractivity contribution in [1.82, 2.24) is 9.97 Å². The summed E-state index contributed by atoms with van der Waals surface area (Å²) in [6.07, 6.45) is 3.53. The minimum absolute atomic E-state index is 0.304. The standard InChI is InChI=1S/C7H8N2O2/c1-2-11-7-8-3-6(5-10)4-9-7/h3-5H,2H2,1H3. The maximum Gasteiger partial charge on any atom is 0.316 e. The minimum Gasteiger partial charge on any atom is -0.464 e. The molecule has 0 saturated carbocycles. The van der Waals surface area contributed by atoms with Gasteiger partial charge in [0.15, 0.2) is 6.29 Å². The lowest BCUT2D eigenvalue weighted by Gasteiger charge is -1.97. The second-order valence-corrected chi connectivity index (χ2v) is 1.85. The Morgan fingerprint density at radius 1 is 1.55 bits per heavy atom. The highest BCUT2D eigenvalue weighted by Gasteiger charge is 1.94. The van der Waals surface area contributed by atoms with Crippen molar-refractivity contribution in [3.8, 4) is 6.01 Å². The molecule has 0 atom stereocenters. The van der Waals surface area contributed by atoms with E-state index < -0.39 is 0 Å². The minimum atomic E-state index is 0.304. The van der Waals surface area contributed by atoms with Crippen LogP contribution < -0.4 is 4.74 Å². The van der Waals surface area contributed by atoms with Crippen molar-refractivity contribution in [2.75, 3.05) is 6.61 Å². The van der Waals surface area contributed by atoms with Crippen molar-refractivity contribution >= 4 is 6.29 Å². The van der Waals surface area contributed by atoms with Crippen molar-refractivity contribution in [2.45, 2.75) is 6.92 Å². The van der Waals surface area contributed by atoms with Crippen molar-refractivity contribution in [3.63, 3.8) is 0 Å². The molecule has 0 aliphatic heterocycles. The molecule has 0 fully saturated rings. The van der Waals surface area contributed by atoms with Crippen LogP contribution in [0.25, 0.3) is 0 Å². The first-order chi connectivity index (χ1) is 5.36. The third-order valence-electron chi connectivity index (χ3n) is 1.06. The van der Waals surface area contributed by atoms with Crippen LogP contribution >= 0.6 is 0 Å². The van der Waals surface area contributed by atoms with Crippen LogP contribution in [0.1, 0.15) is 17.3 Å². The molecule has 0 radical (unpaired) electrons. The molecular weight excluding hydrogens is 144 g/mol. The lowest BCUT2D eigenvalue weighted by atomic mass is 10.4. The number of nitrogens with zero attached hydrogens (tertiary/aromatic N) is 2. The summed E-state index contributed by atoms with van der Waals surface area (Å²) in [5.41, 5.74) is 0.452. The van der Waals surface area contributed by atoms with Crippen LogP contribution in [0.3, 0.4) is 0 Å². The number of carbonyl (C=O) groups excluding carboxylic acids is 1. The van der Waals surface area contributed by atoms with Gasteiger partial charge in [-0.1, -0.05) is 0 Å². The quantitative estimate of drug-likeness (QED) is 0.598. The molecule has 0 aliphatic rings. The van der Waals surface area contributed by atoms with Gasteiger partial charge in [0.05, 0.1) is 12.2 Å². The number of carbonyl (C=O) groups is 1. The average Bonchev–Trinajstić information content (AvgIpc) is 2.07. The van der Waals surface area contributed by atoms with Gasteiger partial charge >= 0.3 is 6.01 Å². The first-order valence-corrected chi connectivity index (χ1v) is 3.27. The first-order valence-electron chi connectivity index (χ1n) is 3.27. The molecule has 58 valence electrons. The van der Waals surface area contributed by atoms with Crippen LogP contribution in [-0.2, 0) is 0 Å². The SMILES string of the molecule is CCOc1ncc(C=O)cn1. The van der Waals surface area contributed by atoms with Crippen LogP contribution in [-0.4, -0.2) is 22.9 Å². The van der Waals surface area contributed by atoms with E-state index in [4.69, 9.17) is 4.74 Å². The lowest BCUT2D eigenvalue weighted by molar-refractivity contribution is 0.112. The Bertz CT molecular complexity index is 233. The highest BCUT2D eigenvalue weighted by Crippen LogP contribution is 1.99. The number of ether oxygens (including phenoxy) is 1. The summed E-state index contributed by atoms with van der Waals surface area (Å²) in [5.74, 6) is 0. The molecule has 1 heterocycles. The van der Waals surface area contributed by atoms with E-state index in [0.29, 0.717) is 24.5 Å². The summed E-state index contributed by atoms with van der Waals surface area (Å²) >= 11 is 0. The molecule has 1 rings (SSSR count). The average molecular weight is 152 g/mol. The van der Waals surface area contributed by atoms with E-state index in [9.17, 15) is 4.79 Å². The zero-order valence-electron chi connectivity index (χ0n) is 6.15. The fourth-order valence-electron chi connectivity index (χ4n) is 0.591. The molecule has 1 aromatic rings. The monoisotopic (exact) mass is 152 g/mol. The normalized spacial score (nSPS) is 9.18. The molecular formula is C7H8N2O2. The van der Waals surface area contributed by atoms with Gasteiger partial charge in [-0.3, -0.25) is 4.79 Å². The third-order valence-corrected chi connectivity index (χ3v) is 1.06. The molecule has 0 N–H and O–H groups in total. The zero-order valence-corrected chi connectivity index (χ0v) is 6.15. The van der Waals surface area contributed by atoms with Crippen molar-refractivity contribution in [3.05, 3.63) is 18.0 Å². The van der Waals surface area contributed by atoms with E-state index in [1.54, 1.807) is 0 Å². The van der Waals surface area contributed by atoms with E-state index in [0.717, 1.165) is 0 Å². The molecule has 0 saturated heterocycles. The molecule has 0 aliphatic carbocycles. The van der Waals surface area contributed by atoms with E-state index >= 15 is 0 Å². The summed E-state index contributed by atoms with van der Waals surface area (Å²) in [7, 11) is 0. The number of rotatable bonds is 3. The van der Waals surface area contributed by atoms with Crippen LogP contribution in [0.5, 0.6) is 6.01 Å². The molecule has 1 aromatic heterocycles. The Morgan fingerprint density at radius 3 is 2.64 bits per heavy atom. The molecule has 0 unspecified atom stereocenters. The van der Waals surface area contributed by atoms with Gasteiger partial charge < -0.3 is 4.74 Å². The largest absolute Gasteiger partial charge is 0.464 e. The topological polar surface area (TPSA) is 52.1 Å². The summed E-state index contributed by atoms with van der Waals surface area (Å²) in [5, 5.41) is 0. The van der Waals surface area contributed by atoms with Gasteiger partial charge in [-0.25, -0.2) is 9.97 Å². The fourth-order valence-corrected chi connectivity index (χ4v) is 0.591. The molecule has 4 nitrogen and oxygen atoms in total. The van der Waals surface area contributed by atoms with E-state index in [-0.39, 0.29) is 0 Å². The first kappa shape index (κ1) is 7.65. The molecule has 0 spiro atoms. The summed E-state index contributed by atoms with van der Waals surface area (Å²) in [6.45, 7) is 2.37. The summed E-state index contributed by atoms with van der Waals surface area (Å²) in [6, 6.07) is 0.304. The smallest absolute Gasteiger partial charge is 0.316 e. The summed E-state index contributed by atoms with van der Waals surface area (Å²) < 4.78 is 4.97. The molecule has 4 heteroatoms. The van der Waals surface area contributed by atoms with Gasteiger partial charge in [0.25, 0.3) is 0 Å². The summed E-state index contributed by atoms with van der Waals surface area (Å²) in [4.78, 5) is 17.7. The number of hydrogen-bond donors (Lipinski definition) is 0. The Hall–Kier alpha value is -1.45. The van der Waals surface area contributed by atoms with E-state index in [1.165, 1.54) is 12.4 Å². The van der Waals surface area contributed by atoms with E-state index in [2.05, 4.69) is 9.97 Å². The maximum atomic E-state index is 10.2. The second-order valence-electron chi connectivity index (χ2n) is 1.85. The molecule has 11 heavy (non-hydrogen) atoms. The number of aldehydes is 1. The number of aromatic nitrogens is 2. The zero-order chi connectivity index (χ0) is 8.10. The van der Waals surface area contributed by atoms with Gasteiger partial charge in [-0.05, 0) is 6.92 Å². The lowest BCUT2D eigenvalue weighted by Crippen LogP contribution is -1.97. The van der Waals surface area contributed by atoms with Gasteiger partial charge in [-0.15, -0.1) is 0 Å². The van der Waals surface area contributed by atoms with Crippen LogP contribution in [0, 0.1) is 0 Å². The Morgan fingerprint density at radius 2 is 2.18 bits per heavy atom. The van der Waals surface area contributed by atoms with Gasteiger partial charge in [0.2, 0.25) is 0 Å². The predicted molar refractivity (Wildman–Crippen MR) is 38.6 cm³/mol. The Kier molecular flexibility index (Phi) is 2.54. The van der Waals surface area contributed by atoms with Crippen LogP contribution in [0.4, 0.5) is 0 Å². The van der Waals surface area contributed by atoms with Crippen molar-refractivity contribution in [2.24, 2.45) is 0 Å². The highest BCUT2D eigenvalue weighted by molar-refractivity contribution is 5.73. The Balaban J connectivity index is 2.74. The predicted octanol–water partition coefficient (Wildman–Crippen LogP) is 0.688.